The Balaban J connectivity index is 1.34. The molecule has 0 radical (unpaired) electrons. The Kier molecular flexibility index (Phi) is 8.73. The van der Waals surface area contributed by atoms with Crippen molar-refractivity contribution < 1.29 is 59.2 Å². The van der Waals surface area contributed by atoms with Crippen molar-refractivity contribution in [3.05, 3.63) is 40.7 Å². The number of hydrogen-bond acceptors (Lipinski definition) is 9. The van der Waals surface area contributed by atoms with Gasteiger partial charge < -0.3 is 24.8 Å². The van der Waals surface area contributed by atoms with Crippen LogP contribution in [-0.4, -0.2) is 99.4 Å². The van der Waals surface area contributed by atoms with Gasteiger partial charge in [0.2, 0.25) is 11.8 Å². The van der Waals surface area contributed by atoms with Crippen molar-refractivity contribution in [2.45, 2.75) is 62.7 Å². The zero-order valence-corrected chi connectivity index (χ0v) is 26.0. The number of aromatic amines is 1. The Labute approximate surface area is 272 Å². The van der Waals surface area contributed by atoms with Gasteiger partial charge in [0.05, 0.1) is 24.6 Å². The second-order valence-corrected chi connectivity index (χ2v) is 12.5. The molecule has 49 heavy (non-hydrogen) atoms. The van der Waals surface area contributed by atoms with Crippen LogP contribution in [0, 0.1) is 24.6 Å². The quantitative estimate of drug-likeness (QED) is 0.353. The maximum absolute atomic E-state index is 16.4. The Hall–Kier alpha value is -4.49. The molecule has 6 rings (SSSR count). The maximum Gasteiger partial charge on any atom is 0.409 e. The van der Waals surface area contributed by atoms with Gasteiger partial charge in [-0.3, -0.25) is 14.3 Å². The zero-order chi connectivity index (χ0) is 35.5. The fourth-order valence-electron chi connectivity index (χ4n) is 6.78. The molecule has 3 aromatic rings. The molecule has 4 heterocycles. The number of halogens is 7. The number of morpholine rings is 1. The van der Waals surface area contributed by atoms with Gasteiger partial charge in [0.25, 0.3) is 5.91 Å². The lowest BCUT2D eigenvalue weighted by molar-refractivity contribution is -0.401. The normalized spacial score (nSPS) is 24.2. The van der Waals surface area contributed by atoms with Crippen molar-refractivity contribution in [3.8, 4) is 0 Å². The Morgan fingerprint density at radius 2 is 1.69 bits per heavy atom. The number of nitrogens with one attached hydrogen (secondary N) is 2. The topological polar surface area (TPSA) is 156 Å². The highest BCUT2D eigenvalue weighted by atomic mass is 19.3. The molecule has 3 atom stereocenters. The monoisotopic (exact) mass is 705 g/mol. The average Bonchev–Trinajstić information content (AvgIpc) is 3.76. The minimum atomic E-state index is -4.37. The summed E-state index contributed by atoms with van der Waals surface area (Å²) in [7, 11) is 1.05. The summed E-state index contributed by atoms with van der Waals surface area (Å²) in [5, 5.41) is 9.86. The Morgan fingerprint density at radius 3 is 2.31 bits per heavy atom. The van der Waals surface area contributed by atoms with E-state index in [9.17, 15) is 40.7 Å². The van der Waals surface area contributed by atoms with E-state index in [-0.39, 0.29) is 58.1 Å². The highest BCUT2D eigenvalue weighted by Gasteiger charge is 2.55. The largest absolute Gasteiger partial charge is 0.453 e. The van der Waals surface area contributed by atoms with E-state index in [1.807, 2.05) is 0 Å². The van der Waals surface area contributed by atoms with Gasteiger partial charge in [-0.15, -0.1) is 0 Å². The molecular formula is C29H30F7N7O6. The number of hydrogen-bond donors (Lipinski definition) is 2. The minimum absolute atomic E-state index is 0.00632. The third kappa shape index (κ3) is 6.86. The SMILES string of the molecule is COC(=O)N1CC(C(=O)N2CC(F)(F)OC(F)(F)C2)C(c2ccc3[nH]c([C@@H](NC(=O)c4nonc4C)C4CCC(F)(F)CC4)nc3c2F)C1. The van der Waals surface area contributed by atoms with E-state index in [1.165, 1.54) is 19.1 Å². The summed E-state index contributed by atoms with van der Waals surface area (Å²) in [6.07, 6.45) is -10.6. The second-order valence-electron chi connectivity index (χ2n) is 12.5. The number of nitrogens with zero attached hydrogens (tertiary/aromatic N) is 5. The Bertz CT molecular complexity index is 1740. The third-order valence-corrected chi connectivity index (χ3v) is 9.15. The molecule has 2 N–H and O–H groups in total. The molecule has 1 aromatic carbocycles. The number of carbonyl (C=O) groups excluding carboxylic acids is 3. The molecule has 1 aliphatic carbocycles. The van der Waals surface area contributed by atoms with Crippen molar-refractivity contribution in [2.75, 3.05) is 33.3 Å². The predicted octanol–water partition coefficient (Wildman–Crippen LogP) is 4.52. The lowest BCUT2D eigenvalue weighted by Gasteiger charge is -2.38. The highest BCUT2D eigenvalue weighted by molar-refractivity contribution is 5.93. The molecule has 3 amide bonds. The van der Waals surface area contributed by atoms with Crippen molar-refractivity contribution in [2.24, 2.45) is 11.8 Å². The third-order valence-electron chi connectivity index (χ3n) is 9.15. The van der Waals surface area contributed by atoms with Crippen LogP contribution in [0.1, 0.15) is 65.2 Å². The van der Waals surface area contributed by atoms with Crippen LogP contribution in [0.4, 0.5) is 35.5 Å². The zero-order valence-electron chi connectivity index (χ0n) is 26.0. The van der Waals surface area contributed by atoms with Gasteiger partial charge in [0, 0.05) is 31.8 Å². The number of amides is 3. The fraction of sp³-hybridized carbons (Fsp3) is 0.586. The van der Waals surface area contributed by atoms with Gasteiger partial charge in [-0.05, 0) is 42.5 Å². The number of carbonyl (C=O) groups is 3. The first-order valence-electron chi connectivity index (χ1n) is 15.2. The van der Waals surface area contributed by atoms with Crippen molar-refractivity contribution in [1.82, 2.24) is 35.4 Å². The summed E-state index contributed by atoms with van der Waals surface area (Å²) in [5.41, 5.74) is -0.325. The van der Waals surface area contributed by atoms with Gasteiger partial charge in [-0.25, -0.2) is 27.6 Å². The van der Waals surface area contributed by atoms with Crippen LogP contribution in [0.15, 0.2) is 16.8 Å². The van der Waals surface area contributed by atoms with Crippen LogP contribution in [0.25, 0.3) is 11.0 Å². The first-order chi connectivity index (χ1) is 23.0. The smallest absolute Gasteiger partial charge is 0.409 e. The van der Waals surface area contributed by atoms with Gasteiger partial charge in [-0.2, -0.15) is 17.6 Å². The van der Waals surface area contributed by atoms with Gasteiger partial charge in [-0.1, -0.05) is 11.2 Å². The summed E-state index contributed by atoms with van der Waals surface area (Å²) in [5.74, 6) is -8.98. The molecule has 2 aromatic heterocycles. The molecule has 13 nitrogen and oxygen atoms in total. The number of benzene rings is 1. The molecule has 2 unspecified atom stereocenters. The van der Waals surface area contributed by atoms with Gasteiger partial charge in [0.1, 0.15) is 30.1 Å². The van der Waals surface area contributed by atoms with Crippen LogP contribution < -0.4 is 5.32 Å². The molecule has 3 aliphatic rings. The highest BCUT2D eigenvalue weighted by Crippen LogP contribution is 2.43. The molecule has 3 fully saturated rings. The average molecular weight is 706 g/mol. The molecule has 20 heteroatoms. The molecule has 0 spiro atoms. The molecule has 1 saturated carbocycles. The lowest BCUT2D eigenvalue weighted by atomic mass is 9.81. The standard InChI is InChI=1S/C29H30F7N7O6/c1-13-20(41-49-40-13)24(44)39-21(14-5-7-27(31,32)8-6-14)23-37-18-4-3-15(19(30)22(18)38-23)16-9-42(26(46)47-2)10-17(16)25(45)43-11-28(33,34)48-29(35,36)12-43/h3-4,14,16-17,21H,5-12H2,1-2H3,(H,37,38)(H,39,44)/t16?,17?,21-/m0/s1. The molecule has 2 saturated heterocycles. The lowest BCUT2D eigenvalue weighted by Crippen LogP contribution is -2.58. The minimum Gasteiger partial charge on any atom is -0.453 e. The number of alkyl halides is 6. The number of imidazole rings is 1. The van der Waals surface area contributed by atoms with E-state index in [2.05, 4.69) is 35.0 Å². The molecular weight excluding hydrogens is 675 g/mol. The summed E-state index contributed by atoms with van der Waals surface area (Å²) in [6.45, 7) is -2.29. The molecule has 0 bridgehead atoms. The number of aromatic nitrogens is 4. The maximum atomic E-state index is 16.4. The number of H-pyrrole nitrogens is 1. The van der Waals surface area contributed by atoms with Gasteiger partial charge in [0.15, 0.2) is 11.5 Å². The second kappa shape index (κ2) is 12.4. The number of methoxy groups -OCH3 is 1. The first-order valence-corrected chi connectivity index (χ1v) is 15.2. The van der Waals surface area contributed by atoms with Crippen LogP contribution in [0.5, 0.6) is 0 Å². The van der Waals surface area contributed by atoms with E-state index in [1.54, 1.807) is 0 Å². The van der Waals surface area contributed by atoms with Gasteiger partial charge >= 0.3 is 18.3 Å². The van der Waals surface area contributed by atoms with Crippen molar-refractivity contribution in [1.29, 1.82) is 0 Å². The van der Waals surface area contributed by atoms with E-state index in [4.69, 9.17) is 4.74 Å². The van der Waals surface area contributed by atoms with Crippen LogP contribution >= 0.6 is 0 Å². The molecule has 2 aliphatic heterocycles. The van der Waals surface area contributed by atoms with E-state index >= 15 is 4.39 Å². The number of aryl methyl sites for hydroxylation is 1. The predicted molar refractivity (Wildman–Crippen MR) is 150 cm³/mol. The number of ether oxygens (including phenoxy) is 2. The number of likely N-dealkylation sites (tertiary alicyclic amines) is 1. The molecule has 266 valence electrons. The van der Waals surface area contributed by atoms with Crippen LogP contribution in [0.2, 0.25) is 0 Å². The van der Waals surface area contributed by atoms with Crippen molar-refractivity contribution >= 4 is 28.9 Å². The summed E-state index contributed by atoms with van der Waals surface area (Å²) in [4.78, 5) is 47.5. The van der Waals surface area contributed by atoms with E-state index in [0.29, 0.717) is 0 Å². The van der Waals surface area contributed by atoms with Crippen LogP contribution in [-0.2, 0) is 14.3 Å². The fourth-order valence-corrected chi connectivity index (χ4v) is 6.78. The first kappa shape index (κ1) is 34.4. The van der Waals surface area contributed by atoms with Crippen LogP contribution in [0.3, 0.4) is 0 Å². The Morgan fingerprint density at radius 1 is 1.02 bits per heavy atom. The summed E-state index contributed by atoms with van der Waals surface area (Å²) < 4.78 is 113. The number of fused-ring (bicyclic) bond motifs is 1. The van der Waals surface area contributed by atoms with E-state index < -0.39 is 98.1 Å². The van der Waals surface area contributed by atoms with Crippen molar-refractivity contribution in [3.63, 3.8) is 0 Å². The summed E-state index contributed by atoms with van der Waals surface area (Å²) in [6, 6.07) is 1.64. The number of rotatable bonds is 6. The summed E-state index contributed by atoms with van der Waals surface area (Å²) >= 11 is 0. The van der Waals surface area contributed by atoms with E-state index in [0.717, 1.165) is 12.0 Å².